The van der Waals surface area contributed by atoms with E-state index in [9.17, 15) is 19.8 Å². The molecule has 0 bridgehead atoms. The molecule has 1 aromatic rings. The van der Waals surface area contributed by atoms with Gasteiger partial charge in [0.2, 0.25) is 5.91 Å². The Hall–Kier alpha value is -2.08. The first-order valence-corrected chi connectivity index (χ1v) is 6.86. The zero-order valence-electron chi connectivity index (χ0n) is 12.2. The van der Waals surface area contributed by atoms with Crippen molar-refractivity contribution in [2.75, 3.05) is 0 Å². The van der Waals surface area contributed by atoms with Crippen molar-refractivity contribution < 1.29 is 19.8 Å². The van der Waals surface area contributed by atoms with Crippen LogP contribution < -0.4 is 11.1 Å². The normalized spacial score (nSPS) is 13.7. The van der Waals surface area contributed by atoms with Gasteiger partial charge in [0, 0.05) is 6.42 Å². The summed E-state index contributed by atoms with van der Waals surface area (Å²) in [5.74, 6) is -1.22. The monoisotopic (exact) mass is 294 g/mol. The maximum absolute atomic E-state index is 11.9. The minimum atomic E-state index is -1.12. The second kappa shape index (κ2) is 7.64. The molecule has 0 radical (unpaired) electrons. The van der Waals surface area contributed by atoms with Gasteiger partial charge in [0.05, 0.1) is 6.04 Å². The zero-order valence-corrected chi connectivity index (χ0v) is 12.2. The Balaban J connectivity index is 2.67. The maximum Gasteiger partial charge on any atom is 0.326 e. The number of carboxylic acids is 1. The van der Waals surface area contributed by atoms with E-state index in [4.69, 9.17) is 5.73 Å². The number of rotatable bonds is 7. The minimum absolute atomic E-state index is 0.105. The first-order chi connectivity index (χ1) is 9.79. The Labute approximate surface area is 124 Å². The van der Waals surface area contributed by atoms with Crippen LogP contribution in [-0.2, 0) is 16.0 Å². The molecule has 0 saturated carbocycles. The standard InChI is InChI=1S/C15H22N2O4/c1-9(2)7-12(16)14(19)17-13(15(20)21)8-10-3-5-11(18)6-4-10/h3-6,9,12-13,18H,7-8,16H2,1-2H3,(H,17,19)(H,20,21)/t12-,13+/m1/s1. The summed E-state index contributed by atoms with van der Waals surface area (Å²) in [5.41, 5.74) is 6.45. The molecule has 5 N–H and O–H groups in total. The van der Waals surface area contributed by atoms with Crippen molar-refractivity contribution in [3.05, 3.63) is 29.8 Å². The fraction of sp³-hybridized carbons (Fsp3) is 0.467. The van der Waals surface area contributed by atoms with E-state index in [0.717, 1.165) is 0 Å². The molecule has 0 unspecified atom stereocenters. The second-order valence-corrected chi connectivity index (χ2v) is 5.51. The summed E-state index contributed by atoms with van der Waals surface area (Å²) in [6.07, 6.45) is 0.632. The van der Waals surface area contributed by atoms with Crippen LogP contribution in [0, 0.1) is 5.92 Å². The third-order valence-corrected chi connectivity index (χ3v) is 3.05. The van der Waals surface area contributed by atoms with E-state index in [1.165, 1.54) is 12.1 Å². The molecular formula is C15H22N2O4. The third kappa shape index (κ3) is 5.83. The highest BCUT2D eigenvalue weighted by atomic mass is 16.4. The van der Waals surface area contributed by atoms with Gasteiger partial charge in [0.1, 0.15) is 11.8 Å². The average Bonchev–Trinajstić information content (AvgIpc) is 2.39. The molecular weight excluding hydrogens is 272 g/mol. The number of nitrogens with one attached hydrogen (secondary N) is 1. The summed E-state index contributed by atoms with van der Waals surface area (Å²) < 4.78 is 0. The summed E-state index contributed by atoms with van der Waals surface area (Å²) in [6, 6.07) is 4.42. The molecule has 0 aliphatic rings. The van der Waals surface area contributed by atoms with Crippen LogP contribution in [0.2, 0.25) is 0 Å². The molecule has 6 nitrogen and oxygen atoms in total. The smallest absolute Gasteiger partial charge is 0.326 e. The van der Waals surface area contributed by atoms with Crippen molar-refractivity contribution in [3.63, 3.8) is 0 Å². The number of aliphatic carboxylic acids is 1. The molecule has 21 heavy (non-hydrogen) atoms. The highest BCUT2D eigenvalue weighted by Crippen LogP contribution is 2.12. The fourth-order valence-electron chi connectivity index (χ4n) is 1.96. The average molecular weight is 294 g/mol. The number of hydrogen-bond acceptors (Lipinski definition) is 4. The summed E-state index contributed by atoms with van der Waals surface area (Å²) >= 11 is 0. The summed E-state index contributed by atoms with van der Waals surface area (Å²) in [7, 11) is 0. The third-order valence-electron chi connectivity index (χ3n) is 3.05. The van der Waals surface area contributed by atoms with E-state index < -0.39 is 24.0 Å². The first kappa shape index (κ1) is 17.0. The summed E-state index contributed by atoms with van der Waals surface area (Å²) in [4.78, 5) is 23.1. The molecule has 0 aliphatic carbocycles. The lowest BCUT2D eigenvalue weighted by Crippen LogP contribution is -2.49. The van der Waals surface area contributed by atoms with Crippen LogP contribution in [-0.4, -0.2) is 34.2 Å². The number of benzene rings is 1. The van der Waals surface area contributed by atoms with Gasteiger partial charge in [0.25, 0.3) is 0 Å². The number of nitrogens with two attached hydrogens (primary N) is 1. The van der Waals surface area contributed by atoms with Crippen LogP contribution in [0.4, 0.5) is 0 Å². The van der Waals surface area contributed by atoms with Gasteiger partial charge in [-0.1, -0.05) is 26.0 Å². The Morgan fingerprint density at radius 2 is 1.81 bits per heavy atom. The van der Waals surface area contributed by atoms with Crippen LogP contribution in [0.5, 0.6) is 5.75 Å². The van der Waals surface area contributed by atoms with Gasteiger partial charge >= 0.3 is 5.97 Å². The number of aromatic hydroxyl groups is 1. The molecule has 0 aliphatic heterocycles. The molecule has 0 fully saturated rings. The van der Waals surface area contributed by atoms with E-state index in [1.54, 1.807) is 12.1 Å². The van der Waals surface area contributed by atoms with E-state index in [1.807, 2.05) is 13.8 Å². The highest BCUT2D eigenvalue weighted by molar-refractivity contribution is 5.86. The van der Waals surface area contributed by atoms with Gasteiger partial charge in [0.15, 0.2) is 0 Å². The number of carbonyl (C=O) groups excluding carboxylic acids is 1. The first-order valence-electron chi connectivity index (χ1n) is 6.86. The lowest BCUT2D eigenvalue weighted by atomic mass is 10.0. The Morgan fingerprint density at radius 1 is 1.24 bits per heavy atom. The Bertz CT molecular complexity index is 485. The quantitative estimate of drug-likeness (QED) is 0.596. The lowest BCUT2D eigenvalue weighted by Gasteiger charge is -2.19. The molecule has 1 amide bonds. The van der Waals surface area contributed by atoms with Gasteiger partial charge in [-0.3, -0.25) is 4.79 Å². The van der Waals surface area contributed by atoms with Crippen molar-refractivity contribution in [3.8, 4) is 5.75 Å². The van der Waals surface area contributed by atoms with Crippen LogP contribution in [0.15, 0.2) is 24.3 Å². The van der Waals surface area contributed by atoms with Crippen molar-refractivity contribution in [1.29, 1.82) is 0 Å². The lowest BCUT2D eigenvalue weighted by molar-refractivity contribution is -0.142. The van der Waals surface area contributed by atoms with Crippen LogP contribution >= 0.6 is 0 Å². The number of carboxylic acid groups (broad SMARTS) is 1. The minimum Gasteiger partial charge on any atom is -0.508 e. The van der Waals surface area contributed by atoms with E-state index in [2.05, 4.69) is 5.32 Å². The SMILES string of the molecule is CC(C)C[C@@H](N)C(=O)N[C@@H](Cc1ccc(O)cc1)C(=O)O. The largest absolute Gasteiger partial charge is 0.508 e. The number of phenols is 1. The van der Waals surface area contributed by atoms with E-state index in [-0.39, 0.29) is 18.1 Å². The number of carbonyl (C=O) groups is 2. The highest BCUT2D eigenvalue weighted by Gasteiger charge is 2.23. The molecule has 1 rings (SSSR count). The molecule has 0 spiro atoms. The number of hydrogen-bond donors (Lipinski definition) is 4. The predicted molar refractivity (Wildman–Crippen MR) is 78.8 cm³/mol. The predicted octanol–water partition coefficient (Wildman–Crippen LogP) is 0.877. The summed E-state index contributed by atoms with van der Waals surface area (Å²) in [5, 5.41) is 20.9. The van der Waals surface area contributed by atoms with E-state index in [0.29, 0.717) is 12.0 Å². The molecule has 6 heteroatoms. The van der Waals surface area contributed by atoms with Crippen molar-refractivity contribution in [2.45, 2.75) is 38.8 Å². The van der Waals surface area contributed by atoms with Gasteiger partial charge in [-0.05, 0) is 30.0 Å². The number of phenolic OH excluding ortho intramolecular Hbond substituents is 1. The topological polar surface area (TPSA) is 113 Å². The van der Waals surface area contributed by atoms with E-state index >= 15 is 0 Å². The Morgan fingerprint density at radius 3 is 2.29 bits per heavy atom. The van der Waals surface area contributed by atoms with Gasteiger partial charge in [-0.25, -0.2) is 4.79 Å². The van der Waals surface area contributed by atoms with Crippen LogP contribution in [0.25, 0.3) is 0 Å². The van der Waals surface area contributed by atoms with Crippen molar-refractivity contribution in [1.82, 2.24) is 5.32 Å². The van der Waals surface area contributed by atoms with Crippen molar-refractivity contribution in [2.24, 2.45) is 11.7 Å². The van der Waals surface area contributed by atoms with Crippen LogP contribution in [0.3, 0.4) is 0 Å². The Kier molecular flexibility index (Phi) is 6.17. The molecule has 0 aromatic heterocycles. The summed E-state index contributed by atoms with van der Waals surface area (Å²) in [6.45, 7) is 3.89. The molecule has 1 aromatic carbocycles. The second-order valence-electron chi connectivity index (χ2n) is 5.51. The molecule has 0 saturated heterocycles. The molecule has 0 heterocycles. The van der Waals surface area contributed by atoms with Crippen molar-refractivity contribution >= 4 is 11.9 Å². The van der Waals surface area contributed by atoms with Gasteiger partial charge < -0.3 is 21.3 Å². The fourth-order valence-corrected chi connectivity index (χ4v) is 1.96. The molecule has 2 atom stereocenters. The number of amides is 1. The van der Waals surface area contributed by atoms with Gasteiger partial charge in [-0.15, -0.1) is 0 Å². The molecule has 116 valence electrons. The van der Waals surface area contributed by atoms with Gasteiger partial charge in [-0.2, -0.15) is 0 Å². The van der Waals surface area contributed by atoms with Crippen LogP contribution in [0.1, 0.15) is 25.8 Å². The maximum atomic E-state index is 11.9. The zero-order chi connectivity index (χ0) is 16.0.